The molecule has 0 aliphatic rings. The fourth-order valence-electron chi connectivity index (χ4n) is 1.76. The third kappa shape index (κ3) is 2.07. The van der Waals surface area contributed by atoms with Crippen LogP contribution in [0.25, 0.3) is 0 Å². The first-order chi connectivity index (χ1) is 7.68. The molecule has 2 aromatic carbocycles. The van der Waals surface area contributed by atoms with Crippen LogP contribution < -0.4 is 5.73 Å². The van der Waals surface area contributed by atoms with Crippen LogP contribution in [0.4, 0.5) is 0 Å². The van der Waals surface area contributed by atoms with E-state index in [-0.39, 0.29) is 11.8 Å². The molecule has 0 heterocycles. The molecule has 0 amide bonds. The van der Waals surface area contributed by atoms with E-state index in [1.165, 1.54) is 0 Å². The normalized spacial score (nSPS) is 12.4. The van der Waals surface area contributed by atoms with Crippen LogP contribution in [0.2, 0.25) is 0 Å². The van der Waals surface area contributed by atoms with Crippen LogP contribution in [0.1, 0.15) is 22.7 Å². The van der Waals surface area contributed by atoms with Crippen molar-refractivity contribution in [3.63, 3.8) is 0 Å². The van der Waals surface area contributed by atoms with Gasteiger partial charge in [-0.2, -0.15) is 0 Å². The van der Waals surface area contributed by atoms with Gasteiger partial charge in [0.05, 0.1) is 6.04 Å². The Morgan fingerprint density at radius 3 is 2.38 bits per heavy atom. The SMILES string of the molecule is Cc1ccc(C(N)c2ccccc2)c(O)c1. The fraction of sp³-hybridized carbons (Fsp3) is 0.143. The average Bonchev–Trinajstić information content (AvgIpc) is 2.29. The molecule has 0 saturated heterocycles. The van der Waals surface area contributed by atoms with E-state index in [0.29, 0.717) is 0 Å². The Labute approximate surface area is 95.4 Å². The maximum atomic E-state index is 9.84. The van der Waals surface area contributed by atoms with Gasteiger partial charge in [0.2, 0.25) is 0 Å². The Morgan fingerprint density at radius 1 is 1.06 bits per heavy atom. The molecule has 2 heteroatoms. The number of phenols is 1. The molecule has 2 nitrogen and oxygen atoms in total. The molecule has 0 radical (unpaired) electrons. The van der Waals surface area contributed by atoms with Gasteiger partial charge >= 0.3 is 0 Å². The monoisotopic (exact) mass is 213 g/mol. The Hall–Kier alpha value is -1.80. The molecule has 0 aromatic heterocycles. The molecule has 1 atom stereocenters. The first-order valence-electron chi connectivity index (χ1n) is 5.28. The van der Waals surface area contributed by atoms with Crippen molar-refractivity contribution >= 4 is 0 Å². The summed E-state index contributed by atoms with van der Waals surface area (Å²) in [6.45, 7) is 1.94. The minimum absolute atomic E-state index is 0.261. The Balaban J connectivity index is 2.38. The van der Waals surface area contributed by atoms with E-state index in [2.05, 4.69) is 0 Å². The number of rotatable bonds is 2. The van der Waals surface area contributed by atoms with E-state index in [9.17, 15) is 5.11 Å². The molecule has 0 saturated carbocycles. The quantitative estimate of drug-likeness (QED) is 0.805. The number of phenolic OH excluding ortho intramolecular Hbond substituents is 1. The van der Waals surface area contributed by atoms with Gasteiger partial charge in [0.1, 0.15) is 5.75 Å². The lowest BCUT2D eigenvalue weighted by atomic mass is 9.98. The predicted molar refractivity (Wildman–Crippen MR) is 65.3 cm³/mol. The van der Waals surface area contributed by atoms with Gasteiger partial charge in [-0.05, 0) is 24.1 Å². The number of hydrogen-bond donors (Lipinski definition) is 2. The van der Waals surface area contributed by atoms with Crippen LogP contribution >= 0.6 is 0 Å². The number of aromatic hydroxyl groups is 1. The highest BCUT2D eigenvalue weighted by molar-refractivity contribution is 5.42. The lowest BCUT2D eigenvalue weighted by molar-refractivity contribution is 0.465. The number of benzene rings is 2. The summed E-state index contributed by atoms with van der Waals surface area (Å²) in [5.74, 6) is 0.261. The molecule has 3 N–H and O–H groups in total. The maximum Gasteiger partial charge on any atom is 0.120 e. The van der Waals surface area contributed by atoms with Crippen molar-refractivity contribution in [1.29, 1.82) is 0 Å². The average molecular weight is 213 g/mol. The maximum absolute atomic E-state index is 9.84. The van der Waals surface area contributed by atoms with Crippen LogP contribution in [-0.4, -0.2) is 5.11 Å². The number of hydrogen-bond acceptors (Lipinski definition) is 2. The molecule has 0 fully saturated rings. The summed E-state index contributed by atoms with van der Waals surface area (Å²) >= 11 is 0. The zero-order chi connectivity index (χ0) is 11.5. The summed E-state index contributed by atoms with van der Waals surface area (Å²) in [7, 11) is 0. The number of nitrogens with two attached hydrogens (primary N) is 1. The van der Waals surface area contributed by atoms with Gasteiger partial charge in [0.25, 0.3) is 0 Å². The summed E-state index contributed by atoms with van der Waals surface area (Å²) < 4.78 is 0. The molecule has 0 bridgehead atoms. The van der Waals surface area contributed by atoms with Crippen LogP contribution in [0.3, 0.4) is 0 Å². The molecule has 0 spiro atoms. The first kappa shape index (κ1) is 10.7. The van der Waals surface area contributed by atoms with E-state index in [4.69, 9.17) is 5.73 Å². The molecule has 82 valence electrons. The highest BCUT2D eigenvalue weighted by Crippen LogP contribution is 2.27. The molecule has 2 rings (SSSR count). The lowest BCUT2D eigenvalue weighted by Crippen LogP contribution is -2.11. The third-order valence-corrected chi connectivity index (χ3v) is 2.68. The second-order valence-electron chi connectivity index (χ2n) is 3.95. The van der Waals surface area contributed by atoms with Crippen molar-refractivity contribution in [1.82, 2.24) is 0 Å². The lowest BCUT2D eigenvalue weighted by Gasteiger charge is -2.14. The van der Waals surface area contributed by atoms with Crippen LogP contribution in [0, 0.1) is 6.92 Å². The summed E-state index contributed by atoms with van der Waals surface area (Å²) in [5.41, 5.74) is 8.90. The highest BCUT2D eigenvalue weighted by Gasteiger charge is 2.12. The van der Waals surface area contributed by atoms with E-state index < -0.39 is 0 Å². The van der Waals surface area contributed by atoms with Crippen molar-refractivity contribution < 1.29 is 5.11 Å². The minimum Gasteiger partial charge on any atom is -0.508 e. The summed E-state index contributed by atoms with van der Waals surface area (Å²) in [6, 6.07) is 15.1. The van der Waals surface area contributed by atoms with Crippen LogP contribution in [0.5, 0.6) is 5.75 Å². The summed E-state index contributed by atoms with van der Waals surface area (Å²) in [4.78, 5) is 0. The minimum atomic E-state index is -0.276. The van der Waals surface area contributed by atoms with E-state index >= 15 is 0 Å². The number of aryl methyl sites for hydroxylation is 1. The fourth-order valence-corrected chi connectivity index (χ4v) is 1.76. The Kier molecular flexibility index (Phi) is 2.93. The zero-order valence-corrected chi connectivity index (χ0v) is 9.22. The van der Waals surface area contributed by atoms with Gasteiger partial charge in [-0.15, -0.1) is 0 Å². The van der Waals surface area contributed by atoms with Crippen molar-refractivity contribution in [2.75, 3.05) is 0 Å². The van der Waals surface area contributed by atoms with Gasteiger partial charge in [-0.25, -0.2) is 0 Å². The zero-order valence-electron chi connectivity index (χ0n) is 9.22. The molecule has 16 heavy (non-hydrogen) atoms. The second kappa shape index (κ2) is 4.37. The van der Waals surface area contributed by atoms with Gasteiger partial charge in [0, 0.05) is 5.56 Å². The van der Waals surface area contributed by atoms with Crippen LogP contribution in [-0.2, 0) is 0 Å². The van der Waals surface area contributed by atoms with Gasteiger partial charge < -0.3 is 10.8 Å². The van der Waals surface area contributed by atoms with Gasteiger partial charge in [-0.1, -0.05) is 42.5 Å². The van der Waals surface area contributed by atoms with Gasteiger partial charge in [-0.3, -0.25) is 0 Å². The molecular formula is C14H15NO. The standard InChI is InChI=1S/C14H15NO/c1-10-7-8-12(13(16)9-10)14(15)11-5-3-2-4-6-11/h2-9,14,16H,15H2,1H3. The Morgan fingerprint density at radius 2 is 1.75 bits per heavy atom. The first-order valence-corrected chi connectivity index (χ1v) is 5.28. The van der Waals surface area contributed by atoms with Crippen molar-refractivity contribution in [2.24, 2.45) is 5.73 Å². The molecule has 1 unspecified atom stereocenters. The van der Waals surface area contributed by atoms with Crippen molar-refractivity contribution in [3.05, 3.63) is 65.2 Å². The van der Waals surface area contributed by atoms with Gasteiger partial charge in [0.15, 0.2) is 0 Å². The summed E-state index contributed by atoms with van der Waals surface area (Å²) in [5, 5.41) is 9.84. The third-order valence-electron chi connectivity index (χ3n) is 2.68. The van der Waals surface area contributed by atoms with E-state index in [1.54, 1.807) is 6.07 Å². The molecular weight excluding hydrogens is 198 g/mol. The molecule has 2 aromatic rings. The predicted octanol–water partition coefficient (Wildman–Crippen LogP) is 2.75. The largest absolute Gasteiger partial charge is 0.508 e. The van der Waals surface area contributed by atoms with E-state index in [1.807, 2.05) is 49.4 Å². The van der Waals surface area contributed by atoms with Crippen LogP contribution in [0.15, 0.2) is 48.5 Å². The van der Waals surface area contributed by atoms with Crippen molar-refractivity contribution in [2.45, 2.75) is 13.0 Å². The van der Waals surface area contributed by atoms with E-state index in [0.717, 1.165) is 16.7 Å². The molecule has 0 aliphatic heterocycles. The Bertz CT molecular complexity index is 479. The topological polar surface area (TPSA) is 46.2 Å². The smallest absolute Gasteiger partial charge is 0.120 e. The molecule has 0 aliphatic carbocycles. The second-order valence-corrected chi connectivity index (χ2v) is 3.95. The summed E-state index contributed by atoms with van der Waals surface area (Å²) in [6.07, 6.45) is 0. The van der Waals surface area contributed by atoms with Crippen molar-refractivity contribution in [3.8, 4) is 5.75 Å². The highest BCUT2D eigenvalue weighted by atomic mass is 16.3.